The van der Waals surface area contributed by atoms with Crippen molar-refractivity contribution in [3.05, 3.63) is 35.4 Å². The Kier molecular flexibility index (Phi) is 3.01. The highest BCUT2D eigenvalue weighted by molar-refractivity contribution is 5.94. The summed E-state index contributed by atoms with van der Waals surface area (Å²) in [6.07, 6.45) is 3.16. The first kappa shape index (κ1) is 12.1. The van der Waals surface area contributed by atoms with E-state index in [1.807, 2.05) is 20.9 Å². The smallest absolute Gasteiger partial charge is 0.339 e. The second-order valence-electron chi connectivity index (χ2n) is 4.10. The van der Waals surface area contributed by atoms with Gasteiger partial charge in [-0.15, -0.1) is 0 Å². The highest BCUT2D eigenvalue weighted by Gasteiger charge is 2.12. The predicted octanol–water partition coefficient (Wildman–Crippen LogP) is 1.87. The fourth-order valence-corrected chi connectivity index (χ4v) is 1.70. The molecule has 6 heteroatoms. The van der Waals surface area contributed by atoms with Crippen LogP contribution in [-0.4, -0.2) is 25.8 Å². The van der Waals surface area contributed by atoms with Crippen molar-refractivity contribution in [2.24, 2.45) is 7.05 Å². The second-order valence-corrected chi connectivity index (χ2v) is 4.10. The Morgan fingerprint density at radius 2 is 2.11 bits per heavy atom. The maximum Gasteiger partial charge on any atom is 0.339 e. The van der Waals surface area contributed by atoms with Gasteiger partial charge in [-0.2, -0.15) is 5.10 Å². The van der Waals surface area contributed by atoms with Crippen LogP contribution in [0.25, 0.3) is 0 Å². The van der Waals surface area contributed by atoms with E-state index in [-0.39, 0.29) is 5.56 Å². The molecule has 0 bridgehead atoms. The largest absolute Gasteiger partial charge is 0.478 e. The van der Waals surface area contributed by atoms with Crippen LogP contribution in [0.2, 0.25) is 0 Å². The monoisotopic (exact) mass is 246 g/mol. The summed E-state index contributed by atoms with van der Waals surface area (Å²) in [4.78, 5) is 15.1. The first-order chi connectivity index (χ1) is 8.47. The number of anilines is 2. The number of aromatic nitrogens is 3. The molecule has 0 saturated carbocycles. The van der Waals surface area contributed by atoms with Crippen LogP contribution in [0.1, 0.15) is 21.7 Å². The number of hydrogen-bond donors (Lipinski definition) is 2. The number of nitrogens with zero attached hydrogens (tertiary/aromatic N) is 3. The van der Waals surface area contributed by atoms with Crippen LogP contribution in [-0.2, 0) is 7.05 Å². The van der Waals surface area contributed by atoms with Gasteiger partial charge in [-0.25, -0.2) is 4.79 Å². The Balaban J connectivity index is 2.42. The fourth-order valence-electron chi connectivity index (χ4n) is 1.70. The maximum atomic E-state index is 11.1. The Labute approximate surface area is 104 Å². The molecule has 0 radical (unpaired) electrons. The lowest BCUT2D eigenvalue weighted by molar-refractivity contribution is 0.0697. The Bertz CT molecular complexity index is 604. The van der Waals surface area contributed by atoms with E-state index in [2.05, 4.69) is 15.4 Å². The maximum absolute atomic E-state index is 11.1. The van der Waals surface area contributed by atoms with Crippen molar-refractivity contribution in [2.75, 3.05) is 5.32 Å². The van der Waals surface area contributed by atoms with Gasteiger partial charge in [0.2, 0.25) is 0 Å². The van der Waals surface area contributed by atoms with E-state index in [9.17, 15) is 4.79 Å². The van der Waals surface area contributed by atoms with E-state index in [0.717, 1.165) is 17.1 Å². The lowest BCUT2D eigenvalue weighted by Crippen LogP contribution is -2.04. The summed E-state index contributed by atoms with van der Waals surface area (Å²) in [5, 5.41) is 16.4. The number of nitrogens with one attached hydrogen (secondary N) is 1. The van der Waals surface area contributed by atoms with Crippen molar-refractivity contribution in [2.45, 2.75) is 13.8 Å². The highest BCUT2D eigenvalue weighted by atomic mass is 16.4. The number of hydrogen-bond acceptors (Lipinski definition) is 4. The van der Waals surface area contributed by atoms with Crippen LogP contribution in [0, 0.1) is 13.8 Å². The molecule has 0 aliphatic heterocycles. The molecule has 2 aromatic rings. The van der Waals surface area contributed by atoms with E-state index in [0.29, 0.717) is 5.69 Å². The third-order valence-electron chi connectivity index (χ3n) is 2.55. The summed E-state index contributed by atoms with van der Waals surface area (Å²) in [7, 11) is 1.81. The van der Waals surface area contributed by atoms with Gasteiger partial charge in [0.15, 0.2) is 0 Å². The first-order valence-corrected chi connectivity index (χ1v) is 5.44. The van der Waals surface area contributed by atoms with E-state index >= 15 is 0 Å². The van der Waals surface area contributed by atoms with Crippen molar-refractivity contribution in [1.82, 2.24) is 14.8 Å². The Morgan fingerprint density at radius 3 is 2.67 bits per heavy atom. The molecule has 0 aromatic carbocycles. The molecule has 6 nitrogen and oxygen atoms in total. The third kappa shape index (κ3) is 2.32. The minimum absolute atomic E-state index is 0.142. The molecule has 94 valence electrons. The molecular weight excluding hydrogens is 232 g/mol. The van der Waals surface area contributed by atoms with E-state index in [4.69, 9.17) is 5.11 Å². The molecule has 2 N–H and O–H groups in total. The molecular formula is C12H14N4O2. The summed E-state index contributed by atoms with van der Waals surface area (Å²) in [5.41, 5.74) is 3.01. The molecule has 2 heterocycles. The molecule has 0 amide bonds. The van der Waals surface area contributed by atoms with Crippen LogP contribution in [0.5, 0.6) is 0 Å². The Morgan fingerprint density at radius 1 is 1.39 bits per heavy atom. The van der Waals surface area contributed by atoms with Gasteiger partial charge in [0.05, 0.1) is 17.1 Å². The average molecular weight is 246 g/mol. The summed E-state index contributed by atoms with van der Waals surface area (Å²) >= 11 is 0. The van der Waals surface area contributed by atoms with Crippen LogP contribution in [0.4, 0.5) is 11.4 Å². The summed E-state index contributed by atoms with van der Waals surface area (Å²) in [5.74, 6) is -1.01. The van der Waals surface area contributed by atoms with Crippen LogP contribution >= 0.6 is 0 Å². The molecule has 0 unspecified atom stereocenters. The zero-order chi connectivity index (χ0) is 13.3. The van der Waals surface area contributed by atoms with Gasteiger partial charge in [0.25, 0.3) is 0 Å². The number of aromatic carboxylic acids is 1. The lowest BCUT2D eigenvalue weighted by atomic mass is 10.2. The molecule has 2 aromatic heterocycles. The topological polar surface area (TPSA) is 80.0 Å². The quantitative estimate of drug-likeness (QED) is 0.864. The van der Waals surface area contributed by atoms with Crippen molar-refractivity contribution < 1.29 is 9.90 Å². The summed E-state index contributed by atoms with van der Waals surface area (Å²) in [6, 6.07) is 1.70. The second kappa shape index (κ2) is 4.48. The van der Waals surface area contributed by atoms with E-state index < -0.39 is 5.97 Å². The normalized spacial score (nSPS) is 10.4. The predicted molar refractivity (Wildman–Crippen MR) is 67.2 cm³/mol. The molecule has 0 aliphatic rings. The van der Waals surface area contributed by atoms with Crippen molar-refractivity contribution in [1.29, 1.82) is 0 Å². The molecule has 0 saturated heterocycles. The molecule has 0 aliphatic carbocycles. The van der Waals surface area contributed by atoms with Crippen LogP contribution in [0.3, 0.4) is 0 Å². The lowest BCUT2D eigenvalue weighted by Gasteiger charge is -2.08. The van der Waals surface area contributed by atoms with Gasteiger partial charge in [-0.1, -0.05) is 0 Å². The number of carbonyl (C=O) groups is 1. The zero-order valence-electron chi connectivity index (χ0n) is 10.4. The van der Waals surface area contributed by atoms with Crippen LogP contribution in [0.15, 0.2) is 18.5 Å². The first-order valence-electron chi connectivity index (χ1n) is 5.44. The van der Waals surface area contributed by atoms with Crippen LogP contribution < -0.4 is 5.32 Å². The number of carboxylic acid groups (broad SMARTS) is 1. The third-order valence-corrected chi connectivity index (χ3v) is 2.55. The molecule has 2 rings (SSSR count). The van der Waals surface area contributed by atoms with E-state index in [1.165, 1.54) is 6.20 Å². The van der Waals surface area contributed by atoms with Gasteiger partial charge in [0.1, 0.15) is 5.56 Å². The minimum Gasteiger partial charge on any atom is -0.478 e. The summed E-state index contributed by atoms with van der Waals surface area (Å²) in [6.45, 7) is 3.67. The zero-order valence-corrected chi connectivity index (χ0v) is 10.4. The van der Waals surface area contributed by atoms with Gasteiger partial charge in [0, 0.05) is 25.1 Å². The van der Waals surface area contributed by atoms with Gasteiger partial charge in [-0.05, 0) is 19.9 Å². The van der Waals surface area contributed by atoms with Gasteiger partial charge >= 0.3 is 5.97 Å². The summed E-state index contributed by atoms with van der Waals surface area (Å²) < 4.78 is 1.67. The highest BCUT2D eigenvalue weighted by Crippen LogP contribution is 2.23. The number of carboxylic acids is 1. The number of aryl methyl sites for hydroxylation is 3. The Hall–Kier alpha value is -2.37. The fraction of sp³-hybridized carbons (Fsp3) is 0.250. The molecule has 0 spiro atoms. The molecule has 0 atom stereocenters. The van der Waals surface area contributed by atoms with Crippen molar-refractivity contribution in [3.63, 3.8) is 0 Å². The molecule has 18 heavy (non-hydrogen) atoms. The van der Waals surface area contributed by atoms with Crippen molar-refractivity contribution in [3.8, 4) is 0 Å². The van der Waals surface area contributed by atoms with E-state index in [1.54, 1.807) is 16.9 Å². The van der Waals surface area contributed by atoms with Gasteiger partial charge in [-0.3, -0.25) is 9.67 Å². The standard InChI is InChI=1S/C12H14N4O2/c1-7-4-10(9(5-13-7)12(17)18)14-11-6-16(3)15-8(11)2/h4-6H,1-3H3,(H,13,14)(H,17,18). The number of pyridine rings is 1. The minimum atomic E-state index is -1.01. The average Bonchev–Trinajstić information content (AvgIpc) is 2.57. The number of rotatable bonds is 3. The van der Waals surface area contributed by atoms with Crippen molar-refractivity contribution >= 4 is 17.3 Å². The molecule has 0 fully saturated rings. The SMILES string of the molecule is Cc1cc(Nc2cn(C)nc2C)c(C(=O)O)cn1. The van der Waals surface area contributed by atoms with Gasteiger partial charge < -0.3 is 10.4 Å².